The zero-order valence-corrected chi connectivity index (χ0v) is 7.20. The predicted octanol–water partition coefficient (Wildman–Crippen LogP) is 1.44. The quantitative estimate of drug-likeness (QED) is 0.686. The molecule has 3 heteroatoms. The van der Waals surface area contributed by atoms with Crippen LogP contribution in [0.1, 0.15) is 24.9 Å². The standard InChI is InChI=1S/C9H13N3/c1-7(2)3-9(10)8-4-11-6-12-5-8/h4-6,9H,1,3,10H2,2H3. The van der Waals surface area contributed by atoms with E-state index in [-0.39, 0.29) is 6.04 Å². The van der Waals surface area contributed by atoms with E-state index >= 15 is 0 Å². The van der Waals surface area contributed by atoms with Gasteiger partial charge in [0.15, 0.2) is 0 Å². The van der Waals surface area contributed by atoms with Crippen molar-refractivity contribution in [3.8, 4) is 0 Å². The Balaban J connectivity index is 2.65. The second-order valence-corrected chi connectivity index (χ2v) is 2.94. The SMILES string of the molecule is C=C(C)CC(N)c1cncnc1. The molecule has 64 valence electrons. The van der Waals surface area contributed by atoms with Gasteiger partial charge in [0.2, 0.25) is 0 Å². The molecule has 0 aliphatic rings. The third-order valence-electron chi connectivity index (χ3n) is 1.58. The van der Waals surface area contributed by atoms with Crippen LogP contribution < -0.4 is 5.73 Å². The highest BCUT2D eigenvalue weighted by atomic mass is 14.8. The van der Waals surface area contributed by atoms with Crippen molar-refractivity contribution in [2.45, 2.75) is 19.4 Å². The summed E-state index contributed by atoms with van der Waals surface area (Å²) in [6.45, 7) is 5.76. The fourth-order valence-electron chi connectivity index (χ4n) is 0.995. The second-order valence-electron chi connectivity index (χ2n) is 2.94. The van der Waals surface area contributed by atoms with Crippen LogP contribution in [0.5, 0.6) is 0 Å². The van der Waals surface area contributed by atoms with Gasteiger partial charge in [-0.1, -0.05) is 5.57 Å². The Kier molecular flexibility index (Phi) is 2.94. The molecule has 3 nitrogen and oxygen atoms in total. The monoisotopic (exact) mass is 163 g/mol. The molecule has 0 saturated heterocycles. The van der Waals surface area contributed by atoms with E-state index in [0.717, 1.165) is 17.6 Å². The van der Waals surface area contributed by atoms with E-state index in [2.05, 4.69) is 16.5 Å². The lowest BCUT2D eigenvalue weighted by atomic mass is 10.0. The molecule has 1 heterocycles. The summed E-state index contributed by atoms with van der Waals surface area (Å²) in [5, 5.41) is 0. The third kappa shape index (κ3) is 2.43. The molecular weight excluding hydrogens is 150 g/mol. The minimum Gasteiger partial charge on any atom is -0.324 e. The van der Waals surface area contributed by atoms with Gasteiger partial charge in [-0.25, -0.2) is 9.97 Å². The molecule has 0 fully saturated rings. The molecule has 1 aromatic heterocycles. The van der Waals surface area contributed by atoms with E-state index in [1.165, 1.54) is 6.33 Å². The molecule has 12 heavy (non-hydrogen) atoms. The van der Waals surface area contributed by atoms with E-state index in [9.17, 15) is 0 Å². The van der Waals surface area contributed by atoms with Gasteiger partial charge in [-0.05, 0) is 13.3 Å². The van der Waals surface area contributed by atoms with Gasteiger partial charge in [-0.15, -0.1) is 6.58 Å². The first-order chi connectivity index (χ1) is 5.70. The first-order valence-corrected chi connectivity index (χ1v) is 3.85. The van der Waals surface area contributed by atoms with Crippen LogP contribution in [0.3, 0.4) is 0 Å². The summed E-state index contributed by atoms with van der Waals surface area (Å²) < 4.78 is 0. The molecule has 1 unspecified atom stereocenters. The van der Waals surface area contributed by atoms with Crippen molar-refractivity contribution in [1.82, 2.24) is 9.97 Å². The largest absolute Gasteiger partial charge is 0.324 e. The van der Waals surface area contributed by atoms with Gasteiger partial charge in [0.1, 0.15) is 6.33 Å². The highest BCUT2D eigenvalue weighted by Gasteiger charge is 2.05. The molecule has 1 rings (SSSR count). The summed E-state index contributed by atoms with van der Waals surface area (Å²) in [6.07, 6.45) is 5.76. The number of aromatic nitrogens is 2. The maximum atomic E-state index is 5.86. The van der Waals surface area contributed by atoms with Crippen molar-refractivity contribution >= 4 is 0 Å². The molecule has 0 aliphatic heterocycles. The van der Waals surface area contributed by atoms with Crippen LogP contribution >= 0.6 is 0 Å². The van der Waals surface area contributed by atoms with E-state index < -0.39 is 0 Å². The van der Waals surface area contributed by atoms with Crippen molar-refractivity contribution in [1.29, 1.82) is 0 Å². The number of hydrogen-bond acceptors (Lipinski definition) is 3. The van der Waals surface area contributed by atoms with Crippen molar-refractivity contribution < 1.29 is 0 Å². The van der Waals surface area contributed by atoms with Gasteiger partial charge in [0.25, 0.3) is 0 Å². The highest BCUT2D eigenvalue weighted by Crippen LogP contribution is 2.14. The van der Waals surface area contributed by atoms with Crippen LogP contribution in [0.2, 0.25) is 0 Å². The molecule has 1 atom stereocenters. The summed E-state index contributed by atoms with van der Waals surface area (Å²) >= 11 is 0. The molecule has 0 spiro atoms. The molecule has 0 aliphatic carbocycles. The van der Waals surface area contributed by atoms with Crippen LogP contribution in [0, 0.1) is 0 Å². The maximum Gasteiger partial charge on any atom is 0.115 e. The summed E-state index contributed by atoms with van der Waals surface area (Å²) in [5.74, 6) is 0. The van der Waals surface area contributed by atoms with Gasteiger partial charge in [0.05, 0.1) is 0 Å². The summed E-state index contributed by atoms with van der Waals surface area (Å²) in [5.41, 5.74) is 7.89. The van der Waals surface area contributed by atoms with Gasteiger partial charge in [0, 0.05) is 24.0 Å². The van der Waals surface area contributed by atoms with Crippen LogP contribution in [-0.4, -0.2) is 9.97 Å². The lowest BCUT2D eigenvalue weighted by Crippen LogP contribution is -2.10. The average molecular weight is 163 g/mol. The lowest BCUT2D eigenvalue weighted by Gasteiger charge is -2.09. The molecule has 0 bridgehead atoms. The Morgan fingerprint density at radius 1 is 1.58 bits per heavy atom. The number of nitrogens with two attached hydrogens (primary N) is 1. The number of nitrogens with zero attached hydrogens (tertiary/aromatic N) is 2. The third-order valence-corrected chi connectivity index (χ3v) is 1.58. The van der Waals surface area contributed by atoms with E-state index in [1.54, 1.807) is 12.4 Å². The number of hydrogen-bond donors (Lipinski definition) is 1. The minimum absolute atomic E-state index is 0.0244. The summed E-state index contributed by atoms with van der Waals surface area (Å²) in [6, 6.07) is -0.0244. The maximum absolute atomic E-state index is 5.86. The van der Waals surface area contributed by atoms with Gasteiger partial charge in [-0.3, -0.25) is 0 Å². The summed E-state index contributed by atoms with van der Waals surface area (Å²) in [7, 11) is 0. The van der Waals surface area contributed by atoms with Crippen LogP contribution in [-0.2, 0) is 0 Å². The molecule has 2 N–H and O–H groups in total. The fraction of sp³-hybridized carbons (Fsp3) is 0.333. The first-order valence-electron chi connectivity index (χ1n) is 3.85. The van der Waals surface area contributed by atoms with Crippen LogP contribution in [0.25, 0.3) is 0 Å². The highest BCUT2D eigenvalue weighted by molar-refractivity contribution is 5.11. The molecule has 1 aromatic rings. The first kappa shape index (κ1) is 8.87. The Hall–Kier alpha value is -1.22. The topological polar surface area (TPSA) is 51.8 Å². The van der Waals surface area contributed by atoms with Crippen molar-refractivity contribution in [3.63, 3.8) is 0 Å². The van der Waals surface area contributed by atoms with E-state index in [4.69, 9.17) is 5.73 Å². The Bertz CT molecular complexity index is 256. The van der Waals surface area contributed by atoms with Crippen LogP contribution in [0.15, 0.2) is 30.9 Å². The normalized spacial score (nSPS) is 12.5. The van der Waals surface area contributed by atoms with Crippen molar-refractivity contribution in [2.75, 3.05) is 0 Å². The molecular formula is C9H13N3. The van der Waals surface area contributed by atoms with Crippen molar-refractivity contribution in [3.05, 3.63) is 36.4 Å². The molecule has 0 aromatic carbocycles. The Labute approximate surface area is 72.3 Å². The van der Waals surface area contributed by atoms with Gasteiger partial charge < -0.3 is 5.73 Å². The zero-order chi connectivity index (χ0) is 8.97. The predicted molar refractivity (Wildman–Crippen MR) is 48.4 cm³/mol. The van der Waals surface area contributed by atoms with Crippen LogP contribution in [0.4, 0.5) is 0 Å². The average Bonchev–Trinajstić information content (AvgIpc) is 2.05. The molecule has 0 saturated carbocycles. The molecule has 0 amide bonds. The van der Waals surface area contributed by atoms with Gasteiger partial charge in [-0.2, -0.15) is 0 Å². The zero-order valence-electron chi connectivity index (χ0n) is 7.20. The smallest absolute Gasteiger partial charge is 0.115 e. The Morgan fingerprint density at radius 3 is 2.67 bits per heavy atom. The number of rotatable bonds is 3. The lowest BCUT2D eigenvalue weighted by molar-refractivity contribution is 0.708. The van der Waals surface area contributed by atoms with E-state index in [0.29, 0.717) is 0 Å². The second kappa shape index (κ2) is 3.97. The van der Waals surface area contributed by atoms with Gasteiger partial charge >= 0.3 is 0 Å². The fourth-order valence-corrected chi connectivity index (χ4v) is 0.995. The summed E-state index contributed by atoms with van der Waals surface area (Å²) in [4.78, 5) is 7.78. The minimum atomic E-state index is -0.0244. The molecule has 0 radical (unpaired) electrons. The van der Waals surface area contributed by atoms with Crippen molar-refractivity contribution in [2.24, 2.45) is 5.73 Å². The Morgan fingerprint density at radius 2 is 2.17 bits per heavy atom. The van der Waals surface area contributed by atoms with E-state index in [1.807, 2.05) is 6.92 Å².